The summed E-state index contributed by atoms with van der Waals surface area (Å²) in [5, 5.41) is 10.4. The molecule has 0 unspecified atom stereocenters. The van der Waals surface area contributed by atoms with E-state index in [0.29, 0.717) is 6.42 Å². The molecule has 0 spiro atoms. The van der Waals surface area contributed by atoms with Crippen LogP contribution in [0.3, 0.4) is 0 Å². The Labute approximate surface area is 158 Å². The number of nitrogens with zero attached hydrogens (tertiary/aromatic N) is 1. The molecule has 1 aliphatic rings. The molecule has 0 amide bonds. The Balaban J connectivity index is 2.43. The van der Waals surface area contributed by atoms with E-state index >= 15 is 0 Å². The summed E-state index contributed by atoms with van der Waals surface area (Å²) in [7, 11) is 1.25. The highest BCUT2D eigenvalue weighted by Crippen LogP contribution is 2.35. The largest absolute Gasteiger partial charge is 0.506 e. The van der Waals surface area contributed by atoms with Gasteiger partial charge in [0.05, 0.1) is 11.6 Å². The minimum Gasteiger partial charge on any atom is -0.506 e. The highest BCUT2D eigenvalue weighted by Gasteiger charge is 2.31. The molecule has 0 atom stereocenters. The van der Waals surface area contributed by atoms with Crippen LogP contribution >= 0.6 is 23.2 Å². The van der Waals surface area contributed by atoms with E-state index in [0.717, 1.165) is 4.90 Å². The molecular weight excluding hydrogens is 394 g/mol. The lowest BCUT2D eigenvalue weighted by Gasteiger charge is -2.21. The fraction of sp³-hybridized carbons (Fsp3) is 0.412. The van der Waals surface area contributed by atoms with Crippen LogP contribution in [0.25, 0.3) is 5.76 Å². The monoisotopic (exact) mass is 409 g/mol. The van der Waals surface area contributed by atoms with E-state index in [-0.39, 0.29) is 46.1 Å². The molecule has 4 nitrogen and oxygen atoms in total. The van der Waals surface area contributed by atoms with Crippen LogP contribution in [0.2, 0.25) is 10.0 Å². The van der Waals surface area contributed by atoms with Crippen LogP contribution in [0.5, 0.6) is 0 Å². The van der Waals surface area contributed by atoms with E-state index in [1.54, 1.807) is 0 Å². The molecule has 0 heterocycles. The average Bonchev–Trinajstić information content (AvgIpc) is 2.49. The van der Waals surface area contributed by atoms with Crippen molar-refractivity contribution in [3.05, 3.63) is 38.9 Å². The number of alkyl halides is 3. The molecule has 0 aliphatic heterocycles. The van der Waals surface area contributed by atoms with Crippen molar-refractivity contribution in [2.24, 2.45) is 0 Å². The second kappa shape index (κ2) is 7.98. The highest BCUT2D eigenvalue weighted by atomic mass is 35.5. The van der Waals surface area contributed by atoms with Crippen molar-refractivity contribution in [1.29, 1.82) is 0 Å². The number of halogens is 5. The van der Waals surface area contributed by atoms with Crippen LogP contribution < -0.4 is 0 Å². The Morgan fingerprint density at radius 1 is 1.19 bits per heavy atom. The molecule has 0 aromatic heterocycles. The zero-order chi connectivity index (χ0) is 19.6. The molecule has 1 N–H and O–H groups in total. The van der Waals surface area contributed by atoms with Gasteiger partial charge in [0.25, 0.3) is 0 Å². The van der Waals surface area contributed by atoms with Crippen LogP contribution in [-0.2, 0) is 16.1 Å². The van der Waals surface area contributed by atoms with Gasteiger partial charge in [-0.05, 0) is 25.6 Å². The van der Waals surface area contributed by atoms with Crippen molar-refractivity contribution in [2.75, 3.05) is 13.6 Å². The van der Waals surface area contributed by atoms with Crippen LogP contribution in [-0.4, -0.2) is 41.3 Å². The summed E-state index contributed by atoms with van der Waals surface area (Å²) in [6, 6.07) is 2.68. The summed E-state index contributed by atoms with van der Waals surface area (Å²) in [5.74, 6) is -1.54. The molecule has 26 heavy (non-hydrogen) atoms. The molecule has 0 bridgehead atoms. The number of Topliss-reactive ketones (excluding diaryl/α,β-unsaturated/α-hetero) is 2. The Morgan fingerprint density at radius 2 is 1.77 bits per heavy atom. The Kier molecular flexibility index (Phi) is 6.37. The van der Waals surface area contributed by atoms with Gasteiger partial charge in [-0.15, -0.1) is 0 Å². The number of carbonyl (C=O) groups excluding carboxylic acids is 2. The van der Waals surface area contributed by atoms with Gasteiger partial charge in [-0.25, -0.2) is 0 Å². The molecule has 1 saturated carbocycles. The molecule has 142 valence electrons. The topological polar surface area (TPSA) is 57.6 Å². The predicted molar refractivity (Wildman–Crippen MR) is 92.3 cm³/mol. The van der Waals surface area contributed by atoms with Crippen LogP contribution in [0.1, 0.15) is 30.4 Å². The first kappa shape index (κ1) is 20.7. The summed E-state index contributed by atoms with van der Waals surface area (Å²) in [4.78, 5) is 24.9. The number of carbonyl (C=O) groups is 2. The van der Waals surface area contributed by atoms with Gasteiger partial charge in [-0.1, -0.05) is 23.2 Å². The van der Waals surface area contributed by atoms with Crippen molar-refractivity contribution in [3.8, 4) is 0 Å². The van der Waals surface area contributed by atoms with E-state index in [1.165, 1.54) is 19.2 Å². The number of hydrogen-bond donors (Lipinski definition) is 1. The summed E-state index contributed by atoms with van der Waals surface area (Å²) in [6.07, 6.45) is -3.71. The predicted octanol–water partition coefficient (Wildman–Crippen LogP) is 4.58. The minimum absolute atomic E-state index is 0.00919. The summed E-state index contributed by atoms with van der Waals surface area (Å²) in [6.45, 7) is -1.40. The maximum atomic E-state index is 12.5. The van der Waals surface area contributed by atoms with E-state index in [2.05, 4.69) is 0 Å². The molecular formula is C17H16Cl2F3NO3. The molecule has 1 aromatic rings. The first-order valence-corrected chi connectivity index (χ1v) is 8.49. The van der Waals surface area contributed by atoms with Crippen molar-refractivity contribution in [3.63, 3.8) is 0 Å². The van der Waals surface area contributed by atoms with E-state index < -0.39 is 30.0 Å². The second-order valence-electron chi connectivity index (χ2n) is 6.10. The number of aliphatic hydroxyl groups excluding tert-OH is 1. The number of rotatable bonds is 4. The van der Waals surface area contributed by atoms with Crippen molar-refractivity contribution in [1.82, 2.24) is 4.90 Å². The Morgan fingerprint density at radius 3 is 2.31 bits per heavy atom. The van der Waals surface area contributed by atoms with Gasteiger partial charge in [0.15, 0.2) is 11.6 Å². The lowest BCUT2D eigenvalue weighted by molar-refractivity contribution is -0.144. The van der Waals surface area contributed by atoms with Gasteiger partial charge in [0.1, 0.15) is 11.3 Å². The standard InChI is InChI=1S/C17H16Cl2F3NO3/c1-23(8-17(20,21)22)7-10-11(18)6-5-9(15(10)19)16(26)14-12(24)3-2-4-13(14)25/h5-6,26H,2-4,7-8H2,1H3. The van der Waals surface area contributed by atoms with Crippen molar-refractivity contribution >= 4 is 40.5 Å². The third-order valence-electron chi connectivity index (χ3n) is 3.92. The summed E-state index contributed by atoms with van der Waals surface area (Å²) >= 11 is 12.3. The SMILES string of the molecule is CN(Cc1c(Cl)ccc(C(O)=C2C(=O)CCCC2=O)c1Cl)CC(F)(F)F. The quantitative estimate of drug-likeness (QED) is 0.449. The lowest BCUT2D eigenvalue weighted by Crippen LogP contribution is -2.30. The summed E-state index contributed by atoms with van der Waals surface area (Å²) in [5.41, 5.74) is -0.166. The Bertz CT molecular complexity index is 757. The van der Waals surface area contributed by atoms with E-state index in [9.17, 15) is 27.9 Å². The number of ketones is 2. The van der Waals surface area contributed by atoms with Crippen LogP contribution in [0.4, 0.5) is 13.2 Å². The van der Waals surface area contributed by atoms with Gasteiger partial charge < -0.3 is 5.11 Å². The van der Waals surface area contributed by atoms with Gasteiger partial charge in [-0.3, -0.25) is 14.5 Å². The summed E-state index contributed by atoms with van der Waals surface area (Å²) < 4.78 is 37.5. The molecule has 0 saturated heterocycles. The van der Waals surface area contributed by atoms with Crippen LogP contribution in [0, 0.1) is 0 Å². The fourth-order valence-electron chi connectivity index (χ4n) is 2.77. The third-order valence-corrected chi connectivity index (χ3v) is 4.71. The molecule has 0 radical (unpaired) electrons. The van der Waals surface area contributed by atoms with Gasteiger partial charge in [-0.2, -0.15) is 13.2 Å². The highest BCUT2D eigenvalue weighted by molar-refractivity contribution is 6.37. The first-order chi connectivity index (χ1) is 12.0. The fourth-order valence-corrected chi connectivity index (χ4v) is 3.35. The number of aliphatic hydroxyl groups is 1. The lowest BCUT2D eigenvalue weighted by atomic mass is 9.89. The van der Waals surface area contributed by atoms with Crippen LogP contribution in [0.15, 0.2) is 17.7 Å². The van der Waals surface area contributed by atoms with Gasteiger partial charge in [0.2, 0.25) is 0 Å². The molecule has 2 rings (SSSR count). The molecule has 9 heteroatoms. The van der Waals surface area contributed by atoms with E-state index in [1.807, 2.05) is 0 Å². The minimum atomic E-state index is -4.39. The number of hydrogen-bond acceptors (Lipinski definition) is 4. The second-order valence-corrected chi connectivity index (χ2v) is 6.88. The molecule has 1 aromatic carbocycles. The zero-order valence-electron chi connectivity index (χ0n) is 13.8. The maximum Gasteiger partial charge on any atom is 0.401 e. The average molecular weight is 410 g/mol. The smallest absolute Gasteiger partial charge is 0.401 e. The van der Waals surface area contributed by atoms with Gasteiger partial charge >= 0.3 is 6.18 Å². The third kappa shape index (κ3) is 4.78. The van der Waals surface area contributed by atoms with Crippen molar-refractivity contribution in [2.45, 2.75) is 32.0 Å². The zero-order valence-corrected chi connectivity index (χ0v) is 15.3. The molecule has 1 fully saturated rings. The maximum absolute atomic E-state index is 12.5. The van der Waals surface area contributed by atoms with E-state index in [4.69, 9.17) is 23.2 Å². The Hall–Kier alpha value is -1.57. The van der Waals surface area contributed by atoms with Gasteiger partial charge in [0, 0.05) is 35.5 Å². The molecule has 1 aliphatic carbocycles. The first-order valence-electron chi connectivity index (χ1n) is 7.73. The number of benzene rings is 1. The normalized spacial score (nSPS) is 15.7. The number of allylic oxidation sites excluding steroid dienone is 1. The van der Waals surface area contributed by atoms with Crippen molar-refractivity contribution < 1.29 is 27.9 Å².